The van der Waals surface area contributed by atoms with Crippen LogP contribution in [0.3, 0.4) is 0 Å². The maximum atomic E-state index is 12.1. The van der Waals surface area contributed by atoms with Gasteiger partial charge in [-0.2, -0.15) is 0 Å². The fraction of sp³-hybridized carbons (Fsp3) is 0.133. The number of carbonyl (C=O) groups is 1. The number of nitrogens with one attached hydrogen (secondary N) is 1. The summed E-state index contributed by atoms with van der Waals surface area (Å²) >= 11 is 5.80. The van der Waals surface area contributed by atoms with Gasteiger partial charge in [-0.1, -0.05) is 35.9 Å². The summed E-state index contributed by atoms with van der Waals surface area (Å²) in [6.45, 7) is 0. The van der Waals surface area contributed by atoms with E-state index < -0.39 is 0 Å². The first-order valence-electron chi connectivity index (χ1n) is 6.02. The summed E-state index contributed by atoms with van der Waals surface area (Å²) in [5, 5.41) is 12.4. The quantitative estimate of drug-likeness (QED) is 0.825. The lowest BCUT2D eigenvalue weighted by molar-refractivity contribution is -0.118. The Morgan fingerprint density at radius 3 is 2.79 bits per heavy atom. The molecule has 0 saturated carbocycles. The molecule has 1 aliphatic carbocycles. The Kier molecular flexibility index (Phi) is 2.91. The second kappa shape index (κ2) is 4.59. The van der Waals surface area contributed by atoms with E-state index in [1.165, 1.54) is 11.6 Å². The number of aromatic hydroxyl groups is 1. The molecule has 3 nitrogen and oxygen atoms in total. The van der Waals surface area contributed by atoms with E-state index >= 15 is 0 Å². The molecule has 1 atom stereocenters. The van der Waals surface area contributed by atoms with Crippen LogP contribution >= 0.6 is 11.6 Å². The van der Waals surface area contributed by atoms with Crippen molar-refractivity contribution in [2.24, 2.45) is 0 Å². The molecular weight excluding hydrogens is 262 g/mol. The monoisotopic (exact) mass is 273 g/mol. The molecule has 2 aromatic carbocycles. The minimum absolute atomic E-state index is 0.00801. The molecule has 0 saturated heterocycles. The number of amides is 1. The van der Waals surface area contributed by atoms with Gasteiger partial charge in [0.1, 0.15) is 5.75 Å². The smallest absolute Gasteiger partial charge is 0.232 e. The first-order chi connectivity index (χ1) is 9.15. The van der Waals surface area contributed by atoms with Crippen molar-refractivity contribution in [1.29, 1.82) is 0 Å². The van der Waals surface area contributed by atoms with Crippen LogP contribution in [-0.2, 0) is 11.2 Å². The van der Waals surface area contributed by atoms with Crippen LogP contribution in [0.1, 0.15) is 17.0 Å². The molecule has 19 heavy (non-hydrogen) atoms. The summed E-state index contributed by atoms with van der Waals surface area (Å²) in [7, 11) is 0. The predicted octanol–water partition coefficient (Wildman–Crippen LogP) is 3.32. The second-order valence-electron chi connectivity index (χ2n) is 4.61. The Balaban J connectivity index is 1.75. The minimum Gasteiger partial charge on any atom is -0.506 e. The zero-order valence-electron chi connectivity index (χ0n) is 10.1. The third kappa shape index (κ3) is 2.17. The van der Waals surface area contributed by atoms with Crippen LogP contribution in [0, 0.1) is 0 Å². The zero-order valence-corrected chi connectivity index (χ0v) is 10.8. The summed E-state index contributed by atoms with van der Waals surface area (Å²) in [5.41, 5.74) is 2.91. The lowest BCUT2D eigenvalue weighted by atomic mass is 9.77. The molecule has 4 heteroatoms. The van der Waals surface area contributed by atoms with Crippen LogP contribution < -0.4 is 5.32 Å². The zero-order chi connectivity index (χ0) is 13.4. The minimum atomic E-state index is -0.0937. The highest BCUT2D eigenvalue weighted by Gasteiger charge is 2.31. The van der Waals surface area contributed by atoms with Crippen molar-refractivity contribution < 1.29 is 9.90 Å². The lowest BCUT2D eigenvalue weighted by Crippen LogP contribution is -2.30. The first kappa shape index (κ1) is 12.1. The predicted molar refractivity (Wildman–Crippen MR) is 74.6 cm³/mol. The Bertz CT molecular complexity index is 654. The van der Waals surface area contributed by atoms with E-state index in [2.05, 4.69) is 5.32 Å². The summed E-state index contributed by atoms with van der Waals surface area (Å²) < 4.78 is 0. The number of rotatable bonds is 2. The third-order valence-corrected chi connectivity index (χ3v) is 3.69. The number of halogens is 1. The number of hydrogen-bond acceptors (Lipinski definition) is 2. The van der Waals surface area contributed by atoms with E-state index in [9.17, 15) is 9.90 Å². The number of carbonyl (C=O) groups excluding carboxylic acids is 1. The highest BCUT2D eigenvalue weighted by Crippen LogP contribution is 2.36. The van der Waals surface area contributed by atoms with Gasteiger partial charge >= 0.3 is 0 Å². The maximum Gasteiger partial charge on any atom is 0.232 e. The lowest BCUT2D eigenvalue weighted by Gasteiger charge is -2.28. The maximum absolute atomic E-state index is 12.1. The van der Waals surface area contributed by atoms with E-state index in [1.54, 1.807) is 12.1 Å². The fourth-order valence-corrected chi connectivity index (χ4v) is 2.49. The van der Waals surface area contributed by atoms with Crippen molar-refractivity contribution in [1.82, 2.24) is 0 Å². The molecule has 0 heterocycles. The van der Waals surface area contributed by atoms with Crippen molar-refractivity contribution >= 4 is 23.2 Å². The number of phenolic OH excluding ortho intramolecular Hbond substituents is 1. The molecule has 2 N–H and O–H groups in total. The topological polar surface area (TPSA) is 49.3 Å². The van der Waals surface area contributed by atoms with Gasteiger partial charge in [0, 0.05) is 5.69 Å². The molecule has 1 amide bonds. The second-order valence-corrected chi connectivity index (χ2v) is 5.02. The van der Waals surface area contributed by atoms with Crippen LogP contribution in [0.4, 0.5) is 5.69 Å². The number of fused-ring (bicyclic) bond motifs is 1. The number of phenols is 1. The normalized spacial score (nSPS) is 16.4. The number of benzene rings is 2. The van der Waals surface area contributed by atoms with Gasteiger partial charge in [-0.05, 0) is 35.7 Å². The first-order valence-corrected chi connectivity index (χ1v) is 6.40. The highest BCUT2D eigenvalue weighted by atomic mass is 35.5. The molecule has 0 aromatic heterocycles. The third-order valence-electron chi connectivity index (χ3n) is 3.39. The van der Waals surface area contributed by atoms with Crippen LogP contribution in [0.5, 0.6) is 5.75 Å². The van der Waals surface area contributed by atoms with Crippen molar-refractivity contribution in [2.75, 3.05) is 5.32 Å². The van der Waals surface area contributed by atoms with Crippen molar-refractivity contribution in [3.63, 3.8) is 0 Å². The highest BCUT2D eigenvalue weighted by molar-refractivity contribution is 6.32. The van der Waals surface area contributed by atoms with Gasteiger partial charge in [-0.3, -0.25) is 4.79 Å². The van der Waals surface area contributed by atoms with Gasteiger partial charge in [-0.15, -0.1) is 0 Å². The molecular formula is C15H12ClNO2. The number of hydrogen-bond donors (Lipinski definition) is 2. The Morgan fingerprint density at radius 1 is 1.26 bits per heavy atom. The summed E-state index contributed by atoms with van der Waals surface area (Å²) in [4.78, 5) is 12.1. The molecule has 1 unspecified atom stereocenters. The van der Waals surface area contributed by atoms with Gasteiger partial charge in [-0.25, -0.2) is 0 Å². The Labute approximate surface area is 115 Å². The molecule has 2 aromatic rings. The van der Waals surface area contributed by atoms with Gasteiger partial charge in [0.15, 0.2) is 0 Å². The van der Waals surface area contributed by atoms with Gasteiger partial charge in [0.25, 0.3) is 0 Å². The van der Waals surface area contributed by atoms with E-state index in [0.717, 1.165) is 12.0 Å². The Morgan fingerprint density at radius 2 is 2.05 bits per heavy atom. The van der Waals surface area contributed by atoms with E-state index in [0.29, 0.717) is 5.69 Å². The molecule has 0 fully saturated rings. The van der Waals surface area contributed by atoms with E-state index in [1.807, 2.05) is 24.3 Å². The standard InChI is InChI=1S/C15H12ClNO2/c16-13-8-10(5-6-14(13)18)17-15(19)12-7-9-3-1-2-4-11(9)12/h1-6,8,12,18H,7H2,(H,17,19). The fourth-order valence-electron chi connectivity index (χ4n) is 2.31. The van der Waals surface area contributed by atoms with E-state index in [-0.39, 0.29) is 22.6 Å². The van der Waals surface area contributed by atoms with Crippen LogP contribution in [0.2, 0.25) is 5.02 Å². The van der Waals surface area contributed by atoms with Crippen LogP contribution in [0.15, 0.2) is 42.5 Å². The molecule has 1 aliphatic rings. The molecule has 0 bridgehead atoms. The largest absolute Gasteiger partial charge is 0.506 e. The van der Waals surface area contributed by atoms with Gasteiger partial charge in [0.2, 0.25) is 5.91 Å². The molecule has 3 rings (SSSR count). The molecule has 0 radical (unpaired) electrons. The summed E-state index contributed by atoms with van der Waals surface area (Å²) in [6, 6.07) is 12.6. The van der Waals surface area contributed by atoms with Crippen LogP contribution in [-0.4, -0.2) is 11.0 Å². The average Bonchev–Trinajstić information content (AvgIpc) is 2.35. The summed E-state index contributed by atoms with van der Waals surface area (Å²) in [6.07, 6.45) is 0.772. The Hall–Kier alpha value is -2.00. The molecule has 0 spiro atoms. The SMILES string of the molecule is O=C(Nc1ccc(O)c(Cl)c1)C1Cc2ccccc21. The molecule has 0 aliphatic heterocycles. The van der Waals surface area contributed by atoms with Crippen molar-refractivity contribution in [3.8, 4) is 5.75 Å². The van der Waals surface area contributed by atoms with Crippen molar-refractivity contribution in [2.45, 2.75) is 12.3 Å². The number of anilines is 1. The average molecular weight is 274 g/mol. The summed E-state index contributed by atoms with van der Waals surface area (Å²) in [5.74, 6) is -0.127. The molecule has 96 valence electrons. The van der Waals surface area contributed by atoms with Gasteiger partial charge in [0.05, 0.1) is 10.9 Å². The van der Waals surface area contributed by atoms with Crippen LogP contribution in [0.25, 0.3) is 0 Å². The van der Waals surface area contributed by atoms with Gasteiger partial charge < -0.3 is 10.4 Å². The van der Waals surface area contributed by atoms with Crippen molar-refractivity contribution in [3.05, 3.63) is 58.6 Å². The van der Waals surface area contributed by atoms with E-state index in [4.69, 9.17) is 11.6 Å².